The highest BCUT2D eigenvalue weighted by Gasteiger charge is 2.27. The standard InChI is InChI=1S/C18H32O4/c1-7-9-11-21-17(19)15(13(3)4)16(14(5)6)18(20)22-12-10-8-2/h13-14H,7-12H2,1-6H3. The minimum absolute atomic E-state index is 0.0785. The van der Waals surface area contributed by atoms with Crippen LogP contribution in [0.3, 0.4) is 0 Å². The van der Waals surface area contributed by atoms with E-state index in [0.717, 1.165) is 25.7 Å². The first kappa shape index (κ1) is 20.7. The van der Waals surface area contributed by atoms with E-state index in [0.29, 0.717) is 24.4 Å². The Balaban J connectivity index is 5.28. The fourth-order valence-electron chi connectivity index (χ4n) is 2.09. The van der Waals surface area contributed by atoms with E-state index in [2.05, 4.69) is 0 Å². The van der Waals surface area contributed by atoms with Crippen LogP contribution in [0.2, 0.25) is 0 Å². The number of hydrogen-bond acceptors (Lipinski definition) is 4. The van der Waals surface area contributed by atoms with E-state index in [1.807, 2.05) is 41.5 Å². The monoisotopic (exact) mass is 312 g/mol. The van der Waals surface area contributed by atoms with Crippen molar-refractivity contribution in [2.75, 3.05) is 13.2 Å². The highest BCUT2D eigenvalue weighted by Crippen LogP contribution is 2.24. The van der Waals surface area contributed by atoms with Crippen LogP contribution in [-0.4, -0.2) is 25.2 Å². The lowest BCUT2D eigenvalue weighted by Gasteiger charge is -2.19. The highest BCUT2D eigenvalue weighted by molar-refractivity contribution is 6.01. The first-order chi connectivity index (χ1) is 10.4. The van der Waals surface area contributed by atoms with Crippen LogP contribution in [0.5, 0.6) is 0 Å². The predicted molar refractivity (Wildman–Crippen MR) is 88.4 cm³/mol. The Bertz CT molecular complexity index is 345. The van der Waals surface area contributed by atoms with Crippen LogP contribution in [0.4, 0.5) is 0 Å². The Morgan fingerprint density at radius 2 is 1.05 bits per heavy atom. The van der Waals surface area contributed by atoms with Crippen molar-refractivity contribution < 1.29 is 19.1 Å². The third-order valence-electron chi connectivity index (χ3n) is 3.35. The van der Waals surface area contributed by atoms with E-state index in [4.69, 9.17) is 9.47 Å². The molecule has 0 aromatic heterocycles. The van der Waals surface area contributed by atoms with Gasteiger partial charge in [0, 0.05) is 0 Å². The van der Waals surface area contributed by atoms with Gasteiger partial charge >= 0.3 is 11.9 Å². The van der Waals surface area contributed by atoms with Crippen molar-refractivity contribution in [3.05, 3.63) is 11.1 Å². The number of rotatable bonds is 10. The van der Waals surface area contributed by atoms with Gasteiger partial charge in [0.1, 0.15) is 0 Å². The van der Waals surface area contributed by atoms with Crippen molar-refractivity contribution in [1.82, 2.24) is 0 Å². The fraction of sp³-hybridized carbons (Fsp3) is 0.778. The molecule has 4 heteroatoms. The molecule has 0 unspecified atom stereocenters. The van der Waals surface area contributed by atoms with E-state index >= 15 is 0 Å². The fourth-order valence-corrected chi connectivity index (χ4v) is 2.09. The number of hydrogen-bond donors (Lipinski definition) is 0. The zero-order valence-corrected chi connectivity index (χ0v) is 15.0. The van der Waals surface area contributed by atoms with Crippen LogP contribution in [-0.2, 0) is 19.1 Å². The van der Waals surface area contributed by atoms with Crippen LogP contribution in [0, 0.1) is 11.8 Å². The number of unbranched alkanes of at least 4 members (excludes halogenated alkanes) is 2. The average Bonchev–Trinajstić information content (AvgIpc) is 2.43. The maximum atomic E-state index is 12.4. The third-order valence-corrected chi connectivity index (χ3v) is 3.35. The number of esters is 2. The summed E-state index contributed by atoms with van der Waals surface area (Å²) in [5.41, 5.74) is 0.903. The molecule has 0 saturated carbocycles. The summed E-state index contributed by atoms with van der Waals surface area (Å²) in [6.45, 7) is 12.5. The summed E-state index contributed by atoms with van der Waals surface area (Å²) >= 11 is 0. The van der Waals surface area contributed by atoms with Crippen molar-refractivity contribution >= 4 is 11.9 Å². The Morgan fingerprint density at radius 1 is 0.727 bits per heavy atom. The molecule has 22 heavy (non-hydrogen) atoms. The van der Waals surface area contributed by atoms with Gasteiger partial charge in [-0.3, -0.25) is 0 Å². The molecule has 0 aliphatic carbocycles. The van der Waals surface area contributed by atoms with Crippen molar-refractivity contribution in [3.8, 4) is 0 Å². The Kier molecular flexibility index (Phi) is 10.6. The van der Waals surface area contributed by atoms with Gasteiger partial charge in [-0.1, -0.05) is 54.4 Å². The molecular weight excluding hydrogens is 280 g/mol. The second kappa shape index (κ2) is 11.3. The van der Waals surface area contributed by atoms with Crippen LogP contribution >= 0.6 is 0 Å². The van der Waals surface area contributed by atoms with Crippen molar-refractivity contribution in [3.63, 3.8) is 0 Å². The molecule has 0 bridgehead atoms. The van der Waals surface area contributed by atoms with Gasteiger partial charge < -0.3 is 9.47 Å². The summed E-state index contributed by atoms with van der Waals surface area (Å²) in [6, 6.07) is 0. The Labute approximate surface area is 135 Å². The van der Waals surface area contributed by atoms with Crippen molar-refractivity contribution in [2.24, 2.45) is 11.8 Å². The zero-order chi connectivity index (χ0) is 17.1. The quantitative estimate of drug-likeness (QED) is 0.343. The molecule has 0 amide bonds. The summed E-state index contributed by atoms with van der Waals surface area (Å²) in [5.74, 6) is -0.935. The summed E-state index contributed by atoms with van der Waals surface area (Å²) in [5, 5.41) is 0. The molecule has 0 radical (unpaired) electrons. The predicted octanol–water partition coefficient (Wildman–Crippen LogP) is 4.28. The molecule has 0 spiro atoms. The molecule has 0 atom stereocenters. The van der Waals surface area contributed by atoms with Gasteiger partial charge in [-0.15, -0.1) is 0 Å². The maximum absolute atomic E-state index is 12.4. The van der Waals surface area contributed by atoms with Gasteiger partial charge in [0.05, 0.1) is 24.4 Å². The molecule has 0 saturated heterocycles. The minimum atomic E-state index is -0.389. The minimum Gasteiger partial charge on any atom is -0.462 e. The molecule has 0 aliphatic rings. The van der Waals surface area contributed by atoms with Crippen LogP contribution in [0.1, 0.15) is 67.2 Å². The highest BCUT2D eigenvalue weighted by atomic mass is 16.5. The molecule has 128 valence electrons. The summed E-state index contributed by atoms with van der Waals surface area (Å²) < 4.78 is 10.6. The molecule has 0 aliphatic heterocycles. The lowest BCUT2D eigenvalue weighted by molar-refractivity contribution is -0.143. The van der Waals surface area contributed by atoms with E-state index in [1.165, 1.54) is 0 Å². The van der Waals surface area contributed by atoms with Crippen LogP contribution < -0.4 is 0 Å². The van der Waals surface area contributed by atoms with E-state index in [9.17, 15) is 9.59 Å². The summed E-state index contributed by atoms with van der Waals surface area (Å²) in [4.78, 5) is 24.7. The smallest absolute Gasteiger partial charge is 0.334 e. The maximum Gasteiger partial charge on any atom is 0.334 e. The molecule has 0 aromatic carbocycles. The topological polar surface area (TPSA) is 52.6 Å². The first-order valence-electron chi connectivity index (χ1n) is 8.44. The second-order valence-electron chi connectivity index (χ2n) is 6.12. The van der Waals surface area contributed by atoms with Crippen molar-refractivity contribution in [1.29, 1.82) is 0 Å². The summed E-state index contributed by atoms with van der Waals surface area (Å²) in [7, 11) is 0. The van der Waals surface area contributed by atoms with Crippen LogP contribution in [0.25, 0.3) is 0 Å². The summed E-state index contributed by atoms with van der Waals surface area (Å²) in [6.07, 6.45) is 3.58. The van der Waals surface area contributed by atoms with Gasteiger partial charge in [-0.05, 0) is 24.7 Å². The van der Waals surface area contributed by atoms with Gasteiger partial charge in [0.2, 0.25) is 0 Å². The Hall–Kier alpha value is -1.32. The first-order valence-corrected chi connectivity index (χ1v) is 8.44. The second-order valence-corrected chi connectivity index (χ2v) is 6.12. The molecule has 4 nitrogen and oxygen atoms in total. The Morgan fingerprint density at radius 3 is 1.27 bits per heavy atom. The van der Waals surface area contributed by atoms with Gasteiger partial charge in [-0.2, -0.15) is 0 Å². The molecular formula is C18H32O4. The zero-order valence-electron chi connectivity index (χ0n) is 15.0. The SMILES string of the molecule is CCCCOC(=O)C(=C(C(=O)OCCCC)C(C)C)C(C)C. The lowest BCUT2D eigenvalue weighted by Crippen LogP contribution is -2.23. The lowest BCUT2D eigenvalue weighted by atomic mass is 9.90. The number of carbonyl (C=O) groups is 2. The van der Waals surface area contributed by atoms with Gasteiger partial charge in [0.25, 0.3) is 0 Å². The molecule has 0 fully saturated rings. The van der Waals surface area contributed by atoms with Crippen molar-refractivity contribution in [2.45, 2.75) is 67.2 Å². The van der Waals surface area contributed by atoms with E-state index < -0.39 is 0 Å². The van der Waals surface area contributed by atoms with E-state index in [1.54, 1.807) is 0 Å². The number of ether oxygens (including phenoxy) is 2. The molecule has 0 N–H and O–H groups in total. The molecule has 0 aromatic rings. The largest absolute Gasteiger partial charge is 0.462 e. The number of carbonyl (C=O) groups excluding carboxylic acids is 2. The molecule has 0 rings (SSSR count). The van der Waals surface area contributed by atoms with Gasteiger partial charge in [0.15, 0.2) is 0 Å². The normalized spacial score (nSPS) is 12.4. The van der Waals surface area contributed by atoms with Gasteiger partial charge in [-0.25, -0.2) is 9.59 Å². The van der Waals surface area contributed by atoms with E-state index in [-0.39, 0.29) is 23.8 Å². The van der Waals surface area contributed by atoms with Crippen LogP contribution in [0.15, 0.2) is 11.1 Å². The molecule has 0 heterocycles. The average molecular weight is 312 g/mol. The third kappa shape index (κ3) is 7.10.